The summed E-state index contributed by atoms with van der Waals surface area (Å²) in [5, 5.41) is 0. The van der Waals surface area contributed by atoms with Gasteiger partial charge in [-0.2, -0.15) is 0 Å². The largest absolute Gasteiger partial charge is 0.367 e. The van der Waals surface area contributed by atoms with Crippen LogP contribution in [0.25, 0.3) is 0 Å². The van der Waals surface area contributed by atoms with Crippen molar-refractivity contribution in [2.75, 3.05) is 19.7 Å². The summed E-state index contributed by atoms with van der Waals surface area (Å²) in [5.74, 6) is 0.526. The summed E-state index contributed by atoms with van der Waals surface area (Å²) in [7, 11) is 1.91. The number of nitrogens with one attached hydrogen (secondary N) is 1. The molecule has 1 saturated heterocycles. The molecular weight excluding hydrogens is 308 g/mol. The first kappa shape index (κ1) is 16.4. The molecule has 0 unspecified atom stereocenters. The molecule has 1 atom stereocenters. The van der Waals surface area contributed by atoms with Gasteiger partial charge >= 0.3 is 0 Å². The van der Waals surface area contributed by atoms with Gasteiger partial charge in [-0.3, -0.25) is 9.59 Å². The Morgan fingerprint density at radius 2 is 2.12 bits per heavy atom. The van der Waals surface area contributed by atoms with Crippen molar-refractivity contribution in [2.45, 2.75) is 26.9 Å². The lowest BCUT2D eigenvalue weighted by atomic mass is 10.1. The molecule has 1 N–H and O–H groups in total. The Labute approximate surface area is 140 Å². The molecule has 3 rings (SSSR count). The fourth-order valence-corrected chi connectivity index (χ4v) is 2.98. The zero-order valence-electron chi connectivity index (χ0n) is 14.4. The van der Waals surface area contributed by atoms with Crippen molar-refractivity contribution in [1.29, 1.82) is 0 Å². The second kappa shape index (κ2) is 6.24. The van der Waals surface area contributed by atoms with Crippen LogP contribution in [-0.2, 0) is 11.8 Å². The highest BCUT2D eigenvalue weighted by atomic mass is 16.5. The maximum Gasteiger partial charge on any atom is 0.261 e. The topological polar surface area (TPSA) is 80.2 Å². The van der Waals surface area contributed by atoms with Crippen molar-refractivity contribution < 1.29 is 9.53 Å². The molecule has 0 spiro atoms. The number of carbonyl (C=O) groups excluding carboxylic acids is 1. The molecule has 3 heterocycles. The fraction of sp³-hybridized carbons (Fsp3) is 0.471. The van der Waals surface area contributed by atoms with E-state index in [-0.39, 0.29) is 23.1 Å². The number of aromatic nitrogens is 3. The number of ether oxygens (including phenoxy) is 1. The van der Waals surface area contributed by atoms with Crippen LogP contribution >= 0.6 is 0 Å². The number of H-pyrrole nitrogens is 1. The fourth-order valence-electron chi connectivity index (χ4n) is 2.98. The normalized spacial score (nSPS) is 18.0. The van der Waals surface area contributed by atoms with E-state index in [1.807, 2.05) is 38.6 Å². The minimum atomic E-state index is -0.348. The van der Waals surface area contributed by atoms with Crippen LogP contribution < -0.4 is 5.56 Å². The molecule has 2 aromatic heterocycles. The molecule has 7 nitrogen and oxygen atoms in total. The molecule has 0 aromatic carbocycles. The average Bonchev–Trinajstić information content (AvgIpc) is 2.89. The summed E-state index contributed by atoms with van der Waals surface area (Å²) in [4.78, 5) is 33.8. The zero-order chi connectivity index (χ0) is 17.4. The number of hydrogen-bond donors (Lipinski definition) is 1. The number of nitrogens with zero attached hydrogens (tertiary/aromatic N) is 3. The molecular formula is C17H22N4O3. The highest BCUT2D eigenvalue weighted by Crippen LogP contribution is 2.22. The quantitative estimate of drug-likeness (QED) is 0.898. The molecule has 0 saturated carbocycles. The molecule has 7 heteroatoms. The summed E-state index contributed by atoms with van der Waals surface area (Å²) in [6.07, 6.45) is 1.64. The Balaban J connectivity index is 1.85. The van der Waals surface area contributed by atoms with Crippen molar-refractivity contribution >= 4 is 5.91 Å². The molecule has 128 valence electrons. The summed E-state index contributed by atoms with van der Waals surface area (Å²) in [6.45, 7) is 6.88. The van der Waals surface area contributed by atoms with Gasteiger partial charge in [0.15, 0.2) is 0 Å². The Kier molecular flexibility index (Phi) is 4.28. The monoisotopic (exact) mass is 330 g/mol. The van der Waals surface area contributed by atoms with Gasteiger partial charge in [0.2, 0.25) is 0 Å². The van der Waals surface area contributed by atoms with Crippen LogP contribution in [0.15, 0.2) is 17.1 Å². The maximum absolute atomic E-state index is 12.8. The third-order valence-corrected chi connectivity index (χ3v) is 4.40. The SMILES string of the molecule is Cc1cn(C)c([C@@H]2CN(C(=O)c3cc(C)c(C)[nH]c3=O)CCO2)n1. The number of aromatic amines is 1. The van der Waals surface area contributed by atoms with Gasteiger partial charge < -0.3 is 19.2 Å². The number of hydrogen-bond acceptors (Lipinski definition) is 4. The number of amides is 1. The van der Waals surface area contributed by atoms with Gasteiger partial charge in [-0.1, -0.05) is 0 Å². The predicted octanol–water partition coefficient (Wildman–Crippen LogP) is 1.25. The smallest absolute Gasteiger partial charge is 0.261 e. The minimum absolute atomic E-state index is 0.176. The first-order chi connectivity index (χ1) is 11.4. The first-order valence-corrected chi connectivity index (χ1v) is 7.98. The van der Waals surface area contributed by atoms with Crippen LogP contribution in [0.5, 0.6) is 0 Å². The molecule has 1 aliphatic heterocycles. The van der Waals surface area contributed by atoms with Crippen LogP contribution in [0.2, 0.25) is 0 Å². The minimum Gasteiger partial charge on any atom is -0.367 e. The Bertz CT molecular complexity index is 837. The number of imidazole rings is 1. The maximum atomic E-state index is 12.8. The Morgan fingerprint density at radius 3 is 2.79 bits per heavy atom. The average molecular weight is 330 g/mol. The van der Waals surface area contributed by atoms with Gasteiger partial charge in [-0.15, -0.1) is 0 Å². The van der Waals surface area contributed by atoms with Gasteiger partial charge in [-0.05, 0) is 32.4 Å². The van der Waals surface area contributed by atoms with E-state index in [4.69, 9.17) is 4.74 Å². The van der Waals surface area contributed by atoms with E-state index >= 15 is 0 Å². The van der Waals surface area contributed by atoms with E-state index in [0.717, 1.165) is 22.8 Å². The molecule has 0 bridgehead atoms. The van der Waals surface area contributed by atoms with Gasteiger partial charge in [0.25, 0.3) is 11.5 Å². The van der Waals surface area contributed by atoms with Gasteiger partial charge in [0.1, 0.15) is 17.5 Å². The van der Waals surface area contributed by atoms with Crippen molar-refractivity contribution in [3.05, 3.63) is 51.0 Å². The van der Waals surface area contributed by atoms with Crippen molar-refractivity contribution in [1.82, 2.24) is 19.4 Å². The van der Waals surface area contributed by atoms with E-state index in [9.17, 15) is 9.59 Å². The number of aryl methyl sites for hydroxylation is 4. The zero-order valence-corrected chi connectivity index (χ0v) is 14.4. The lowest BCUT2D eigenvalue weighted by Gasteiger charge is -2.32. The van der Waals surface area contributed by atoms with E-state index in [1.165, 1.54) is 0 Å². The molecule has 2 aromatic rings. The second-order valence-corrected chi connectivity index (χ2v) is 6.28. The summed E-state index contributed by atoms with van der Waals surface area (Å²) >= 11 is 0. The van der Waals surface area contributed by atoms with Crippen molar-refractivity contribution in [3.8, 4) is 0 Å². The van der Waals surface area contributed by atoms with Crippen molar-refractivity contribution in [3.63, 3.8) is 0 Å². The number of rotatable bonds is 2. The lowest BCUT2D eigenvalue weighted by molar-refractivity contribution is -0.0280. The summed E-state index contributed by atoms with van der Waals surface area (Å²) in [5.41, 5.74) is 2.40. The van der Waals surface area contributed by atoms with Gasteiger partial charge in [0.05, 0.1) is 18.8 Å². The molecule has 1 fully saturated rings. The Morgan fingerprint density at radius 1 is 1.38 bits per heavy atom. The van der Waals surface area contributed by atoms with Crippen LogP contribution in [0, 0.1) is 20.8 Å². The molecule has 0 radical (unpaired) electrons. The second-order valence-electron chi connectivity index (χ2n) is 6.28. The van der Waals surface area contributed by atoms with Crippen LogP contribution in [0.1, 0.15) is 39.2 Å². The van der Waals surface area contributed by atoms with E-state index in [2.05, 4.69) is 9.97 Å². The van der Waals surface area contributed by atoms with Gasteiger partial charge in [-0.25, -0.2) is 4.98 Å². The van der Waals surface area contributed by atoms with E-state index in [0.29, 0.717) is 19.7 Å². The van der Waals surface area contributed by atoms with Crippen molar-refractivity contribution in [2.24, 2.45) is 7.05 Å². The molecule has 0 aliphatic carbocycles. The van der Waals surface area contributed by atoms with E-state index in [1.54, 1.807) is 11.0 Å². The summed E-state index contributed by atoms with van der Waals surface area (Å²) < 4.78 is 7.70. The van der Waals surface area contributed by atoms with E-state index < -0.39 is 0 Å². The van der Waals surface area contributed by atoms with Crippen LogP contribution in [0.4, 0.5) is 0 Å². The lowest BCUT2D eigenvalue weighted by Crippen LogP contribution is -2.44. The molecule has 1 amide bonds. The first-order valence-electron chi connectivity index (χ1n) is 7.98. The predicted molar refractivity (Wildman–Crippen MR) is 89.1 cm³/mol. The third-order valence-electron chi connectivity index (χ3n) is 4.40. The van der Waals surface area contributed by atoms with Crippen LogP contribution in [0.3, 0.4) is 0 Å². The summed E-state index contributed by atoms with van der Waals surface area (Å²) in [6, 6.07) is 1.66. The van der Waals surface area contributed by atoms with Crippen LogP contribution in [-0.4, -0.2) is 45.0 Å². The highest BCUT2D eigenvalue weighted by Gasteiger charge is 2.29. The number of morpholine rings is 1. The molecule has 1 aliphatic rings. The van der Waals surface area contributed by atoms with Gasteiger partial charge in [0, 0.05) is 25.5 Å². The molecule has 24 heavy (non-hydrogen) atoms. The third kappa shape index (κ3) is 2.99. The number of pyridine rings is 1. The Hall–Kier alpha value is -2.41. The standard InChI is InChI=1S/C17H22N4O3/c1-10-7-13(16(22)19-12(10)3)17(23)21-5-6-24-14(9-21)15-18-11(2)8-20(15)4/h7-8,14H,5-6,9H2,1-4H3,(H,19,22)/t14-/m0/s1. The highest BCUT2D eigenvalue weighted by molar-refractivity contribution is 5.94. The number of carbonyl (C=O) groups is 1.